The predicted molar refractivity (Wildman–Crippen MR) is 79.0 cm³/mol. The number of carboxylic acid groups (broad SMARTS) is 1. The molecule has 1 heterocycles. The zero-order valence-corrected chi connectivity index (χ0v) is 12.4. The number of rotatable bonds is 4. The van der Waals surface area contributed by atoms with E-state index < -0.39 is 5.97 Å². The van der Waals surface area contributed by atoms with E-state index in [9.17, 15) is 9.59 Å². The monoisotopic (exact) mass is 341 g/mol. The number of nitrogens with zero attached hydrogens (tertiary/aromatic N) is 1. The Morgan fingerprint density at radius 3 is 2.70 bits per heavy atom. The molecular weight excluding hydrogens is 326 g/mol. The molecular formula is C13H16BrN3O3. The van der Waals surface area contributed by atoms with Crippen molar-refractivity contribution in [1.29, 1.82) is 0 Å². The van der Waals surface area contributed by atoms with Crippen LogP contribution in [0.5, 0.6) is 0 Å². The summed E-state index contributed by atoms with van der Waals surface area (Å²) in [7, 11) is 0. The lowest BCUT2D eigenvalue weighted by Gasteiger charge is -2.26. The minimum absolute atomic E-state index is 0.0769. The zero-order chi connectivity index (χ0) is 14.5. The fourth-order valence-electron chi connectivity index (χ4n) is 2.06. The largest absolute Gasteiger partial charge is 0.478 e. The third-order valence-electron chi connectivity index (χ3n) is 3.06. The van der Waals surface area contributed by atoms with Gasteiger partial charge in [0.25, 0.3) is 0 Å². The van der Waals surface area contributed by atoms with Crippen LogP contribution in [0.25, 0.3) is 0 Å². The maximum absolute atomic E-state index is 12.0. The number of carbonyl (C=O) groups is 2. The van der Waals surface area contributed by atoms with Gasteiger partial charge in [0.15, 0.2) is 0 Å². The van der Waals surface area contributed by atoms with Crippen molar-refractivity contribution in [3.63, 3.8) is 0 Å². The standard InChI is InChI=1S/C13H16BrN3O3/c14-9-1-2-11(10(7-9)13(19)20)16-12(18)8-17-5-3-15-4-6-17/h1-2,7,15H,3-6,8H2,(H,16,18)(H,19,20). The number of anilines is 1. The Balaban J connectivity index is 2.01. The summed E-state index contributed by atoms with van der Waals surface area (Å²) in [5, 5.41) is 15.0. The van der Waals surface area contributed by atoms with Crippen LogP contribution in [0.15, 0.2) is 22.7 Å². The highest BCUT2D eigenvalue weighted by Gasteiger charge is 2.16. The minimum Gasteiger partial charge on any atom is -0.478 e. The number of carbonyl (C=O) groups excluding carboxylic acids is 1. The second kappa shape index (κ2) is 6.83. The van der Waals surface area contributed by atoms with Crippen LogP contribution in [0.2, 0.25) is 0 Å². The molecule has 0 saturated carbocycles. The molecule has 0 radical (unpaired) electrons. The molecule has 1 aromatic rings. The molecule has 3 N–H and O–H groups in total. The molecule has 20 heavy (non-hydrogen) atoms. The van der Waals surface area contributed by atoms with E-state index in [1.54, 1.807) is 12.1 Å². The van der Waals surface area contributed by atoms with Crippen molar-refractivity contribution >= 4 is 33.5 Å². The van der Waals surface area contributed by atoms with Gasteiger partial charge >= 0.3 is 5.97 Å². The van der Waals surface area contributed by atoms with Crippen LogP contribution in [-0.2, 0) is 4.79 Å². The number of piperazine rings is 1. The molecule has 0 aliphatic carbocycles. The molecule has 1 aromatic carbocycles. The van der Waals surface area contributed by atoms with Crippen LogP contribution in [0, 0.1) is 0 Å². The first-order valence-corrected chi connectivity index (χ1v) is 7.11. The summed E-state index contributed by atoms with van der Waals surface area (Å²) in [5.74, 6) is -1.26. The van der Waals surface area contributed by atoms with E-state index in [4.69, 9.17) is 5.11 Å². The normalized spacial score (nSPS) is 15.8. The summed E-state index contributed by atoms with van der Waals surface area (Å²) in [6.07, 6.45) is 0. The van der Waals surface area contributed by atoms with Crippen molar-refractivity contribution in [3.05, 3.63) is 28.2 Å². The van der Waals surface area contributed by atoms with Crippen molar-refractivity contribution < 1.29 is 14.7 Å². The predicted octanol–water partition coefficient (Wildman–Crippen LogP) is 0.991. The number of aromatic carboxylic acids is 1. The van der Waals surface area contributed by atoms with E-state index in [2.05, 4.69) is 26.6 Å². The van der Waals surface area contributed by atoms with Gasteiger partial charge < -0.3 is 15.7 Å². The molecule has 0 atom stereocenters. The zero-order valence-electron chi connectivity index (χ0n) is 10.9. The van der Waals surface area contributed by atoms with Gasteiger partial charge in [0.05, 0.1) is 17.8 Å². The molecule has 1 saturated heterocycles. The molecule has 1 amide bonds. The number of benzene rings is 1. The van der Waals surface area contributed by atoms with Gasteiger partial charge in [0.1, 0.15) is 0 Å². The molecule has 1 fully saturated rings. The molecule has 108 valence electrons. The van der Waals surface area contributed by atoms with Crippen molar-refractivity contribution in [2.24, 2.45) is 0 Å². The number of nitrogens with one attached hydrogen (secondary N) is 2. The van der Waals surface area contributed by atoms with Gasteiger partial charge in [-0.1, -0.05) is 15.9 Å². The fourth-order valence-corrected chi connectivity index (χ4v) is 2.43. The van der Waals surface area contributed by atoms with Crippen LogP contribution >= 0.6 is 15.9 Å². The molecule has 1 aliphatic heterocycles. The molecule has 7 heteroatoms. The SMILES string of the molecule is O=C(CN1CCNCC1)Nc1ccc(Br)cc1C(=O)O. The van der Waals surface area contributed by atoms with Crippen molar-refractivity contribution in [1.82, 2.24) is 10.2 Å². The first-order valence-electron chi connectivity index (χ1n) is 6.32. The molecule has 2 rings (SSSR count). The van der Waals surface area contributed by atoms with E-state index in [0.717, 1.165) is 26.2 Å². The fraction of sp³-hybridized carbons (Fsp3) is 0.385. The Bertz CT molecular complexity index is 516. The summed E-state index contributed by atoms with van der Waals surface area (Å²) in [5.41, 5.74) is 0.397. The molecule has 0 aromatic heterocycles. The highest BCUT2D eigenvalue weighted by atomic mass is 79.9. The average molecular weight is 342 g/mol. The molecule has 1 aliphatic rings. The van der Waals surface area contributed by atoms with Gasteiger partial charge in [-0.15, -0.1) is 0 Å². The van der Waals surface area contributed by atoms with Crippen molar-refractivity contribution in [2.45, 2.75) is 0 Å². The second-order valence-corrected chi connectivity index (χ2v) is 5.49. The van der Waals surface area contributed by atoms with E-state index >= 15 is 0 Å². The lowest BCUT2D eigenvalue weighted by atomic mass is 10.2. The van der Waals surface area contributed by atoms with Crippen molar-refractivity contribution in [3.8, 4) is 0 Å². The Morgan fingerprint density at radius 2 is 2.05 bits per heavy atom. The Kier molecular flexibility index (Phi) is 5.11. The molecule has 0 unspecified atom stereocenters. The first kappa shape index (κ1) is 15.0. The van der Waals surface area contributed by atoms with Crippen LogP contribution in [0.1, 0.15) is 10.4 Å². The molecule has 6 nitrogen and oxygen atoms in total. The number of amides is 1. The number of hydrogen-bond acceptors (Lipinski definition) is 4. The number of hydrogen-bond donors (Lipinski definition) is 3. The third-order valence-corrected chi connectivity index (χ3v) is 3.56. The maximum atomic E-state index is 12.0. The second-order valence-electron chi connectivity index (χ2n) is 4.57. The van der Waals surface area contributed by atoms with Gasteiger partial charge in [-0.2, -0.15) is 0 Å². The topological polar surface area (TPSA) is 81.7 Å². The van der Waals surface area contributed by atoms with Gasteiger partial charge in [0, 0.05) is 30.7 Å². The molecule has 0 bridgehead atoms. The van der Waals surface area contributed by atoms with Gasteiger partial charge in [-0.05, 0) is 18.2 Å². The third kappa shape index (κ3) is 4.03. The van der Waals surface area contributed by atoms with Crippen LogP contribution in [-0.4, -0.2) is 54.6 Å². The van der Waals surface area contributed by atoms with E-state index in [-0.39, 0.29) is 18.0 Å². The first-order chi connectivity index (χ1) is 9.56. The highest BCUT2D eigenvalue weighted by Crippen LogP contribution is 2.21. The summed E-state index contributed by atoms with van der Waals surface area (Å²) in [6.45, 7) is 3.65. The summed E-state index contributed by atoms with van der Waals surface area (Å²) in [4.78, 5) is 25.2. The van der Waals surface area contributed by atoms with Crippen molar-refractivity contribution in [2.75, 3.05) is 38.0 Å². The summed E-state index contributed by atoms with van der Waals surface area (Å²) in [6, 6.07) is 4.76. The summed E-state index contributed by atoms with van der Waals surface area (Å²) < 4.78 is 0.662. The molecule has 0 spiro atoms. The number of halogens is 1. The van der Waals surface area contributed by atoms with E-state index in [1.165, 1.54) is 6.07 Å². The highest BCUT2D eigenvalue weighted by molar-refractivity contribution is 9.10. The van der Waals surface area contributed by atoms with Gasteiger partial charge in [0.2, 0.25) is 5.91 Å². The van der Waals surface area contributed by atoms with E-state index in [0.29, 0.717) is 10.2 Å². The Labute approximate surface area is 125 Å². The number of carboxylic acids is 1. The average Bonchev–Trinajstić information content (AvgIpc) is 2.41. The Morgan fingerprint density at radius 1 is 1.35 bits per heavy atom. The van der Waals surface area contributed by atoms with Gasteiger partial charge in [-0.3, -0.25) is 9.69 Å². The van der Waals surface area contributed by atoms with Crippen LogP contribution in [0.3, 0.4) is 0 Å². The minimum atomic E-state index is -1.07. The van der Waals surface area contributed by atoms with Crippen LogP contribution < -0.4 is 10.6 Å². The Hall–Kier alpha value is -1.44. The van der Waals surface area contributed by atoms with Crippen LogP contribution in [0.4, 0.5) is 5.69 Å². The summed E-state index contributed by atoms with van der Waals surface area (Å²) >= 11 is 3.22. The van der Waals surface area contributed by atoms with Gasteiger partial charge in [-0.25, -0.2) is 4.79 Å². The maximum Gasteiger partial charge on any atom is 0.337 e. The lowest BCUT2D eigenvalue weighted by Crippen LogP contribution is -2.46. The smallest absolute Gasteiger partial charge is 0.337 e. The quantitative estimate of drug-likeness (QED) is 0.760. The van der Waals surface area contributed by atoms with E-state index in [1.807, 2.05) is 4.90 Å². The lowest BCUT2D eigenvalue weighted by molar-refractivity contribution is -0.117.